The van der Waals surface area contributed by atoms with Gasteiger partial charge in [-0.2, -0.15) is 6.42 Å². The van der Waals surface area contributed by atoms with Crippen LogP contribution in [0.2, 0.25) is 0 Å². The smallest absolute Gasteiger partial charge is 0.497 e. The molecule has 0 aromatic heterocycles. The van der Waals surface area contributed by atoms with Crippen molar-refractivity contribution in [3.05, 3.63) is 75.9 Å². The Kier molecular flexibility index (Phi) is 28.4. The Balaban J connectivity index is -0.000000283. The van der Waals surface area contributed by atoms with Crippen molar-refractivity contribution in [3.8, 4) is 0 Å². The molecule has 2 saturated carbocycles. The Bertz CT molecular complexity index is 239. The molecule has 11 radical (unpaired) electrons. The summed E-state index contributed by atoms with van der Waals surface area (Å²) < 4.78 is 0. The third-order valence-electron chi connectivity index (χ3n) is 2.71. The number of rotatable bonds is 5. The SMILES string of the molecule is CC(C)(C)O.CCC[C-]=C(CC)CCC.[CH]1[CH][CH][CH][CH]1.[CH]1[CH][CH][CH][CH]1.[Zr+3]. The van der Waals surface area contributed by atoms with Crippen molar-refractivity contribution in [3.63, 3.8) is 0 Å². The molecule has 1 N–H and O–H groups in total. The molecule has 2 rings (SSSR count). The van der Waals surface area contributed by atoms with E-state index < -0.39 is 5.60 Å². The van der Waals surface area contributed by atoms with Crippen LogP contribution in [0.4, 0.5) is 0 Å². The molecule has 0 aliphatic heterocycles. The van der Waals surface area contributed by atoms with Crippen LogP contribution in [0.25, 0.3) is 0 Å². The van der Waals surface area contributed by atoms with E-state index >= 15 is 0 Å². The van der Waals surface area contributed by atoms with Crippen LogP contribution in [0.15, 0.2) is 5.57 Å². The number of aliphatic hydroxyl groups is 1. The minimum absolute atomic E-state index is 0. The van der Waals surface area contributed by atoms with E-state index in [-0.39, 0.29) is 26.2 Å². The molecule has 2 aliphatic carbocycles. The summed E-state index contributed by atoms with van der Waals surface area (Å²) in [4.78, 5) is 0. The Hall–Kier alpha value is 0.583. The molecule has 0 heterocycles. The first-order valence-corrected chi connectivity index (χ1v) is 9.49. The number of allylic oxidation sites excluding steroid dienone is 2. The zero-order chi connectivity index (χ0) is 19.4. The number of hydrogen-bond acceptors (Lipinski definition) is 1. The van der Waals surface area contributed by atoms with Gasteiger partial charge in [-0.3, -0.25) is 5.57 Å². The van der Waals surface area contributed by atoms with Gasteiger partial charge in [-0.1, -0.05) is 46.5 Å². The molecule has 0 bridgehead atoms. The molecule has 0 aromatic carbocycles. The maximum Gasteiger partial charge on any atom is 3.00 e. The normalized spacial score (nSPS) is 16.2. The largest absolute Gasteiger partial charge is 3.00 e. The predicted octanol–water partition coefficient (Wildman–Crippen LogP) is 6.54. The van der Waals surface area contributed by atoms with Crippen LogP contribution < -0.4 is 0 Å². The second-order valence-corrected chi connectivity index (χ2v) is 6.73. The van der Waals surface area contributed by atoms with Gasteiger partial charge < -0.3 is 11.2 Å². The molecule has 0 unspecified atom stereocenters. The quantitative estimate of drug-likeness (QED) is 0.487. The second kappa shape index (κ2) is 23.6. The average molecular weight is 435 g/mol. The van der Waals surface area contributed by atoms with E-state index in [1.165, 1.54) is 31.3 Å². The summed E-state index contributed by atoms with van der Waals surface area (Å²) in [6.45, 7) is 11.9. The molecular weight excluding hydrogens is 395 g/mol. The molecule has 0 spiro atoms. The van der Waals surface area contributed by atoms with Crippen molar-refractivity contribution in [2.45, 2.75) is 79.2 Å². The topological polar surface area (TPSA) is 20.2 Å². The molecule has 0 aromatic rings. The molecule has 2 aliphatic rings. The Morgan fingerprint density at radius 2 is 1.04 bits per heavy atom. The van der Waals surface area contributed by atoms with E-state index in [4.69, 9.17) is 5.11 Å². The van der Waals surface area contributed by atoms with Crippen LogP contribution in [0, 0.1) is 70.3 Å². The van der Waals surface area contributed by atoms with Crippen LogP contribution in [0.5, 0.6) is 0 Å². The van der Waals surface area contributed by atoms with Gasteiger partial charge in [-0.05, 0) is 85.0 Å². The molecule has 26 heavy (non-hydrogen) atoms. The van der Waals surface area contributed by atoms with Crippen molar-refractivity contribution >= 4 is 0 Å². The van der Waals surface area contributed by atoms with E-state index in [9.17, 15) is 0 Å². The van der Waals surface area contributed by atoms with Crippen molar-refractivity contribution in [2.24, 2.45) is 0 Å². The van der Waals surface area contributed by atoms with E-state index in [0.717, 1.165) is 6.42 Å². The van der Waals surface area contributed by atoms with E-state index in [1.54, 1.807) is 20.8 Å². The van der Waals surface area contributed by atoms with Crippen LogP contribution in [0.3, 0.4) is 0 Å². The van der Waals surface area contributed by atoms with Crippen molar-refractivity contribution in [2.75, 3.05) is 0 Å². The van der Waals surface area contributed by atoms with Gasteiger partial charge in [0.15, 0.2) is 0 Å². The minimum atomic E-state index is -0.500. The first-order valence-electron chi connectivity index (χ1n) is 9.49. The maximum atomic E-state index is 8.52. The summed E-state index contributed by atoms with van der Waals surface area (Å²) >= 11 is 0. The van der Waals surface area contributed by atoms with Crippen molar-refractivity contribution < 1.29 is 31.3 Å². The zero-order valence-corrected chi connectivity index (χ0v) is 20.2. The van der Waals surface area contributed by atoms with Gasteiger partial charge in [0.1, 0.15) is 0 Å². The molecule has 0 amide bonds. The van der Waals surface area contributed by atoms with E-state index in [1.807, 2.05) is 64.2 Å². The number of hydrogen-bond donors (Lipinski definition) is 1. The summed E-state index contributed by atoms with van der Waals surface area (Å²) in [5, 5.41) is 8.52. The summed E-state index contributed by atoms with van der Waals surface area (Å²) in [5.74, 6) is 0. The van der Waals surface area contributed by atoms with Gasteiger partial charge in [0.2, 0.25) is 0 Å². The van der Waals surface area contributed by atoms with E-state index in [0.29, 0.717) is 0 Å². The van der Waals surface area contributed by atoms with Gasteiger partial charge in [0.25, 0.3) is 0 Å². The standard InChI is InChI=1S/C10H19.2C5H5.C4H10O.Zr/c1-4-7-9-10(6-3)8-5-2;2*1-2-4-5-3-1;1-4(2,3)5;/h4-8H2,1-3H3;2*1-5H;5H,1-3H3;/q-1;;;;+3. The molecule has 143 valence electrons. The molecule has 2 fully saturated rings. The second-order valence-electron chi connectivity index (χ2n) is 6.73. The number of unbranched alkanes of at least 4 members (excludes halogenated alkanes) is 1. The molecule has 1 nitrogen and oxygen atoms in total. The van der Waals surface area contributed by atoms with Crippen molar-refractivity contribution in [1.29, 1.82) is 0 Å². The summed E-state index contributed by atoms with van der Waals surface area (Å²) in [6, 6.07) is 0. The van der Waals surface area contributed by atoms with Crippen LogP contribution in [0.1, 0.15) is 73.6 Å². The first kappa shape index (κ1) is 31.3. The average Bonchev–Trinajstić information content (AvgIpc) is 3.28. The summed E-state index contributed by atoms with van der Waals surface area (Å²) in [7, 11) is 0. The Morgan fingerprint density at radius 1 is 0.731 bits per heavy atom. The van der Waals surface area contributed by atoms with Crippen LogP contribution in [-0.4, -0.2) is 10.7 Å². The van der Waals surface area contributed by atoms with Gasteiger partial charge in [-0.15, -0.1) is 0 Å². The van der Waals surface area contributed by atoms with Gasteiger partial charge >= 0.3 is 26.2 Å². The Labute approximate surface area is 185 Å². The third kappa shape index (κ3) is 35.7. The minimum Gasteiger partial charge on any atom is -0.497 e. The summed E-state index contributed by atoms with van der Waals surface area (Å²) in [5.41, 5.74) is 1.02. The zero-order valence-electron chi connectivity index (χ0n) is 17.8. The van der Waals surface area contributed by atoms with Gasteiger partial charge in [-0.25, -0.2) is 0 Å². The van der Waals surface area contributed by atoms with Gasteiger partial charge in [0, 0.05) is 0 Å². The monoisotopic (exact) mass is 433 g/mol. The molecule has 2 heteroatoms. The van der Waals surface area contributed by atoms with E-state index in [2.05, 4.69) is 26.8 Å². The fourth-order valence-electron chi connectivity index (χ4n) is 1.64. The fraction of sp³-hybridized carbons (Fsp3) is 0.500. The van der Waals surface area contributed by atoms with Crippen molar-refractivity contribution in [1.82, 2.24) is 0 Å². The molecule has 0 saturated heterocycles. The maximum absolute atomic E-state index is 8.52. The van der Waals surface area contributed by atoms with Crippen LogP contribution in [-0.2, 0) is 26.2 Å². The third-order valence-corrected chi connectivity index (χ3v) is 2.71. The molecular formula is C24H39OZr+2. The Morgan fingerprint density at radius 3 is 1.23 bits per heavy atom. The predicted molar refractivity (Wildman–Crippen MR) is 112 cm³/mol. The first-order chi connectivity index (χ1) is 11.8. The molecule has 0 atom stereocenters. The summed E-state index contributed by atoms with van der Waals surface area (Å²) in [6.07, 6.45) is 29.5. The fourth-order valence-corrected chi connectivity index (χ4v) is 1.64. The van der Waals surface area contributed by atoms with Crippen LogP contribution >= 0.6 is 0 Å². The van der Waals surface area contributed by atoms with Gasteiger partial charge in [0.05, 0.1) is 5.60 Å².